The lowest BCUT2D eigenvalue weighted by Gasteiger charge is -2.41. The molecular formula is C24H27N7O. The maximum absolute atomic E-state index is 6.52. The molecule has 0 atom stereocenters. The first-order valence-electron chi connectivity index (χ1n) is 11.5. The predicted molar refractivity (Wildman–Crippen MR) is 123 cm³/mol. The lowest BCUT2D eigenvalue weighted by molar-refractivity contribution is 0.0154. The van der Waals surface area contributed by atoms with Gasteiger partial charge in [0.2, 0.25) is 11.8 Å². The van der Waals surface area contributed by atoms with Gasteiger partial charge in [-0.2, -0.15) is 0 Å². The van der Waals surface area contributed by atoms with E-state index < -0.39 is 5.60 Å². The van der Waals surface area contributed by atoms with Crippen LogP contribution in [0.15, 0.2) is 42.9 Å². The lowest BCUT2D eigenvalue weighted by Crippen LogP contribution is -2.43. The van der Waals surface area contributed by atoms with Crippen LogP contribution in [0.4, 0.5) is 17.5 Å². The smallest absolute Gasteiger partial charge is 0.228 e. The third kappa shape index (κ3) is 3.44. The van der Waals surface area contributed by atoms with Crippen molar-refractivity contribution >= 4 is 17.5 Å². The van der Waals surface area contributed by atoms with E-state index in [0.29, 0.717) is 11.8 Å². The van der Waals surface area contributed by atoms with Crippen LogP contribution in [0.2, 0.25) is 0 Å². The average molecular weight is 430 g/mol. The van der Waals surface area contributed by atoms with E-state index in [-0.39, 0.29) is 0 Å². The van der Waals surface area contributed by atoms with E-state index in [9.17, 15) is 0 Å². The number of nitrogens with zero attached hydrogens (tertiary/aromatic N) is 5. The quantitative estimate of drug-likeness (QED) is 0.653. The molecule has 6 rings (SSSR count). The van der Waals surface area contributed by atoms with Gasteiger partial charge in [-0.1, -0.05) is 6.42 Å². The minimum Gasteiger partial charge on any atom is -0.464 e. The van der Waals surface area contributed by atoms with Gasteiger partial charge in [0, 0.05) is 49.7 Å². The zero-order valence-corrected chi connectivity index (χ0v) is 18.0. The van der Waals surface area contributed by atoms with E-state index >= 15 is 0 Å². The summed E-state index contributed by atoms with van der Waals surface area (Å²) < 4.78 is 6.52. The fourth-order valence-electron chi connectivity index (χ4n) is 5.04. The van der Waals surface area contributed by atoms with Gasteiger partial charge in [-0.3, -0.25) is 0 Å². The normalized spacial score (nSPS) is 19.1. The Bertz CT molecular complexity index is 1110. The Morgan fingerprint density at radius 2 is 1.81 bits per heavy atom. The van der Waals surface area contributed by atoms with Crippen LogP contribution in [-0.2, 0) is 5.60 Å². The Labute approximate surface area is 187 Å². The third-order valence-corrected chi connectivity index (χ3v) is 6.70. The van der Waals surface area contributed by atoms with Crippen molar-refractivity contribution in [3.63, 3.8) is 0 Å². The molecule has 164 valence electrons. The first kappa shape index (κ1) is 19.4. The molecule has 5 heterocycles. The molecule has 3 aliphatic rings. The van der Waals surface area contributed by atoms with Crippen molar-refractivity contribution in [1.82, 2.24) is 25.3 Å². The topological polar surface area (TPSA) is 88.1 Å². The Balaban J connectivity index is 1.31. The molecule has 1 saturated heterocycles. The average Bonchev–Trinajstić information content (AvgIpc) is 2.86. The molecule has 2 fully saturated rings. The lowest BCUT2D eigenvalue weighted by atomic mass is 9.78. The van der Waals surface area contributed by atoms with E-state index in [1.54, 1.807) is 6.20 Å². The van der Waals surface area contributed by atoms with Crippen molar-refractivity contribution in [3.05, 3.63) is 48.5 Å². The highest BCUT2D eigenvalue weighted by Gasteiger charge is 2.44. The molecule has 2 aliphatic heterocycles. The number of hydrogen-bond donors (Lipinski definition) is 2. The summed E-state index contributed by atoms with van der Waals surface area (Å²) in [6, 6.07) is 8.06. The minimum atomic E-state index is -0.423. The molecule has 0 aromatic carbocycles. The Hall–Kier alpha value is -3.26. The van der Waals surface area contributed by atoms with Crippen LogP contribution in [0.5, 0.6) is 5.88 Å². The fourth-order valence-corrected chi connectivity index (χ4v) is 5.04. The number of aromatic nitrogens is 4. The van der Waals surface area contributed by atoms with E-state index in [1.807, 2.05) is 30.6 Å². The summed E-state index contributed by atoms with van der Waals surface area (Å²) in [4.78, 5) is 21.0. The second-order valence-corrected chi connectivity index (χ2v) is 8.73. The SMILES string of the molecule is c1cnc2c(c1)-c1cnc(Nc3ccc(N4CCNCC4)cn3)nc1C1(CCCCC1)O2. The van der Waals surface area contributed by atoms with Gasteiger partial charge < -0.3 is 20.3 Å². The zero-order chi connectivity index (χ0) is 21.4. The van der Waals surface area contributed by atoms with E-state index in [4.69, 9.17) is 9.72 Å². The van der Waals surface area contributed by atoms with Gasteiger partial charge in [-0.15, -0.1) is 0 Å². The number of ether oxygens (including phenoxy) is 1. The van der Waals surface area contributed by atoms with Gasteiger partial charge in [-0.25, -0.2) is 19.9 Å². The summed E-state index contributed by atoms with van der Waals surface area (Å²) in [5.74, 6) is 1.98. The molecule has 0 unspecified atom stereocenters. The van der Waals surface area contributed by atoms with Crippen LogP contribution in [-0.4, -0.2) is 46.1 Å². The molecular weight excluding hydrogens is 402 g/mol. The summed E-state index contributed by atoms with van der Waals surface area (Å²) in [7, 11) is 0. The van der Waals surface area contributed by atoms with E-state index in [0.717, 1.165) is 80.2 Å². The minimum absolute atomic E-state index is 0.423. The van der Waals surface area contributed by atoms with Crippen LogP contribution >= 0.6 is 0 Å². The molecule has 1 aliphatic carbocycles. The van der Waals surface area contributed by atoms with Crippen LogP contribution in [0.3, 0.4) is 0 Å². The predicted octanol–water partition coefficient (Wildman–Crippen LogP) is 3.64. The Morgan fingerprint density at radius 1 is 0.938 bits per heavy atom. The van der Waals surface area contributed by atoms with Gasteiger partial charge in [0.15, 0.2) is 5.60 Å². The summed E-state index contributed by atoms with van der Waals surface area (Å²) in [5, 5.41) is 6.67. The van der Waals surface area contributed by atoms with Crippen molar-refractivity contribution in [1.29, 1.82) is 0 Å². The third-order valence-electron chi connectivity index (χ3n) is 6.70. The van der Waals surface area contributed by atoms with Gasteiger partial charge in [0.1, 0.15) is 5.82 Å². The van der Waals surface area contributed by atoms with Gasteiger partial charge in [-0.05, 0) is 49.9 Å². The van der Waals surface area contributed by atoms with Crippen LogP contribution in [0, 0.1) is 0 Å². The number of rotatable bonds is 3. The Kier molecular flexibility index (Phi) is 4.87. The molecule has 8 heteroatoms. The highest BCUT2D eigenvalue weighted by Crippen LogP contribution is 2.49. The number of piperazine rings is 1. The van der Waals surface area contributed by atoms with E-state index in [2.05, 4.69) is 36.6 Å². The second-order valence-electron chi connectivity index (χ2n) is 8.73. The van der Waals surface area contributed by atoms with Crippen LogP contribution < -0.4 is 20.3 Å². The Morgan fingerprint density at radius 3 is 2.62 bits per heavy atom. The largest absolute Gasteiger partial charge is 0.464 e. The summed E-state index contributed by atoms with van der Waals surface area (Å²) in [6.07, 6.45) is 11.0. The molecule has 0 bridgehead atoms. The first-order chi connectivity index (χ1) is 15.8. The second kappa shape index (κ2) is 8.02. The molecule has 1 saturated carbocycles. The maximum Gasteiger partial charge on any atom is 0.228 e. The number of hydrogen-bond acceptors (Lipinski definition) is 8. The molecule has 3 aromatic heterocycles. The van der Waals surface area contributed by atoms with Crippen molar-refractivity contribution in [2.45, 2.75) is 37.7 Å². The highest BCUT2D eigenvalue weighted by molar-refractivity contribution is 5.73. The summed E-state index contributed by atoms with van der Waals surface area (Å²) in [5.41, 5.74) is 3.67. The standard InChI is InChI=1S/C24H27N7O/c1-2-8-24(9-3-1)21-19(18-5-4-10-26-22(18)32-24)16-28-23(30-21)29-20-7-6-17(15-27-20)31-13-11-25-12-14-31/h4-7,10,15-16,25H,1-3,8-9,11-14H2,(H,27,28,29,30). The molecule has 32 heavy (non-hydrogen) atoms. The van der Waals surface area contributed by atoms with Crippen LogP contribution in [0.25, 0.3) is 11.1 Å². The number of nitrogens with one attached hydrogen (secondary N) is 2. The molecule has 1 spiro atoms. The molecule has 0 amide bonds. The van der Waals surface area contributed by atoms with Gasteiger partial charge in [0.25, 0.3) is 0 Å². The fraction of sp³-hybridized carbons (Fsp3) is 0.417. The van der Waals surface area contributed by atoms with Crippen LogP contribution in [0.1, 0.15) is 37.8 Å². The van der Waals surface area contributed by atoms with E-state index in [1.165, 1.54) is 6.42 Å². The maximum atomic E-state index is 6.52. The zero-order valence-electron chi connectivity index (χ0n) is 18.0. The molecule has 2 N–H and O–H groups in total. The van der Waals surface area contributed by atoms with Crippen molar-refractivity contribution < 1.29 is 4.74 Å². The molecule has 8 nitrogen and oxygen atoms in total. The highest BCUT2D eigenvalue weighted by atomic mass is 16.5. The molecule has 0 radical (unpaired) electrons. The number of pyridine rings is 2. The van der Waals surface area contributed by atoms with Gasteiger partial charge in [0.05, 0.1) is 17.6 Å². The van der Waals surface area contributed by atoms with Crippen molar-refractivity contribution in [3.8, 4) is 17.0 Å². The number of fused-ring (bicyclic) bond motifs is 4. The monoisotopic (exact) mass is 429 g/mol. The van der Waals surface area contributed by atoms with Crippen molar-refractivity contribution in [2.24, 2.45) is 0 Å². The molecule has 3 aromatic rings. The summed E-state index contributed by atoms with van der Waals surface area (Å²) >= 11 is 0. The first-order valence-corrected chi connectivity index (χ1v) is 11.5. The van der Waals surface area contributed by atoms with Crippen molar-refractivity contribution in [2.75, 3.05) is 36.4 Å². The number of anilines is 3. The van der Waals surface area contributed by atoms with Gasteiger partial charge >= 0.3 is 0 Å². The summed E-state index contributed by atoms with van der Waals surface area (Å²) in [6.45, 7) is 4.01.